The van der Waals surface area contributed by atoms with Gasteiger partial charge in [0.05, 0.1) is 4.88 Å². The van der Waals surface area contributed by atoms with Gasteiger partial charge < -0.3 is 0 Å². The minimum atomic E-state index is 0.0886. The molecule has 1 aromatic heterocycles. The molecule has 0 atom stereocenters. The Kier molecular flexibility index (Phi) is 3.03. The number of rotatable bonds is 2. The normalized spacial score (nSPS) is 10.3. The third-order valence-electron chi connectivity index (χ3n) is 2.18. The molecule has 1 aromatic carbocycles. The summed E-state index contributed by atoms with van der Waals surface area (Å²) in [7, 11) is 0. The van der Waals surface area contributed by atoms with Crippen molar-refractivity contribution in [2.45, 2.75) is 6.92 Å². The fourth-order valence-electron chi connectivity index (χ4n) is 1.28. The highest BCUT2D eigenvalue weighted by molar-refractivity contribution is 9.10. The van der Waals surface area contributed by atoms with E-state index in [0.29, 0.717) is 0 Å². The summed E-state index contributed by atoms with van der Waals surface area (Å²) in [6.07, 6.45) is 0. The van der Waals surface area contributed by atoms with Crippen molar-refractivity contribution in [3.05, 3.63) is 56.2 Å². The van der Waals surface area contributed by atoms with Crippen molar-refractivity contribution in [1.29, 1.82) is 0 Å². The van der Waals surface area contributed by atoms with Crippen LogP contribution in [0.25, 0.3) is 0 Å². The van der Waals surface area contributed by atoms with Crippen LogP contribution < -0.4 is 0 Å². The number of aryl methyl sites for hydroxylation is 1. The quantitative estimate of drug-likeness (QED) is 0.759. The highest BCUT2D eigenvalue weighted by Gasteiger charge is 2.10. The van der Waals surface area contributed by atoms with Crippen molar-refractivity contribution in [2.75, 3.05) is 0 Å². The maximum atomic E-state index is 12.0. The summed E-state index contributed by atoms with van der Waals surface area (Å²) < 4.78 is 0.977. The Morgan fingerprint density at radius 3 is 2.73 bits per heavy atom. The van der Waals surface area contributed by atoms with E-state index >= 15 is 0 Å². The Bertz CT molecular complexity index is 488. The van der Waals surface area contributed by atoms with E-state index in [-0.39, 0.29) is 5.78 Å². The highest BCUT2D eigenvalue weighted by Crippen LogP contribution is 2.21. The molecule has 0 fully saturated rings. The number of hydrogen-bond donors (Lipinski definition) is 0. The maximum absolute atomic E-state index is 12.0. The van der Waals surface area contributed by atoms with Gasteiger partial charge in [0.1, 0.15) is 0 Å². The molecule has 0 aliphatic rings. The van der Waals surface area contributed by atoms with Crippen LogP contribution in [-0.4, -0.2) is 5.78 Å². The maximum Gasteiger partial charge on any atom is 0.202 e. The number of benzene rings is 1. The lowest BCUT2D eigenvalue weighted by atomic mass is 10.1. The second-order valence-electron chi connectivity index (χ2n) is 3.27. The van der Waals surface area contributed by atoms with E-state index in [1.54, 1.807) is 0 Å². The molecule has 2 aromatic rings. The number of carbonyl (C=O) groups excluding carboxylic acids is 1. The standard InChI is InChI=1S/C12H9BrOS/c1-8-4-5-9(7-10(8)13)12(14)11-3-2-6-15-11/h2-7H,1H3. The van der Waals surface area contributed by atoms with Crippen LogP contribution in [0.15, 0.2) is 40.2 Å². The lowest BCUT2D eigenvalue weighted by Gasteiger charge is -2.01. The summed E-state index contributed by atoms with van der Waals surface area (Å²) in [6.45, 7) is 2.00. The average Bonchev–Trinajstić information content (AvgIpc) is 2.74. The van der Waals surface area contributed by atoms with E-state index in [4.69, 9.17) is 0 Å². The van der Waals surface area contributed by atoms with Crippen LogP contribution in [0.5, 0.6) is 0 Å². The van der Waals surface area contributed by atoms with Gasteiger partial charge in [-0.15, -0.1) is 11.3 Å². The highest BCUT2D eigenvalue weighted by atomic mass is 79.9. The molecule has 0 saturated carbocycles. The van der Waals surface area contributed by atoms with Gasteiger partial charge in [-0.2, -0.15) is 0 Å². The van der Waals surface area contributed by atoms with Gasteiger partial charge in [0.15, 0.2) is 0 Å². The van der Waals surface area contributed by atoms with E-state index in [1.165, 1.54) is 11.3 Å². The van der Waals surface area contributed by atoms with Crippen LogP contribution in [0.2, 0.25) is 0 Å². The molecule has 2 rings (SSSR count). The Morgan fingerprint density at radius 2 is 2.13 bits per heavy atom. The average molecular weight is 281 g/mol. The molecule has 0 aliphatic carbocycles. The van der Waals surface area contributed by atoms with Gasteiger partial charge in [0.2, 0.25) is 5.78 Å². The summed E-state index contributed by atoms with van der Waals surface area (Å²) in [5.74, 6) is 0.0886. The van der Waals surface area contributed by atoms with Crippen LogP contribution >= 0.6 is 27.3 Å². The zero-order chi connectivity index (χ0) is 10.8. The van der Waals surface area contributed by atoms with Crippen molar-refractivity contribution in [1.82, 2.24) is 0 Å². The molecule has 0 bridgehead atoms. The molecule has 0 radical (unpaired) electrons. The van der Waals surface area contributed by atoms with E-state index in [9.17, 15) is 4.79 Å². The van der Waals surface area contributed by atoms with E-state index in [1.807, 2.05) is 42.6 Å². The van der Waals surface area contributed by atoms with Crippen LogP contribution in [0.1, 0.15) is 20.8 Å². The zero-order valence-corrected chi connectivity index (χ0v) is 10.6. The minimum Gasteiger partial charge on any atom is -0.288 e. The minimum absolute atomic E-state index is 0.0886. The molecule has 1 nitrogen and oxygen atoms in total. The van der Waals surface area contributed by atoms with Crippen LogP contribution in [-0.2, 0) is 0 Å². The first-order valence-corrected chi connectivity index (χ1v) is 6.20. The zero-order valence-electron chi connectivity index (χ0n) is 8.16. The lowest BCUT2D eigenvalue weighted by Crippen LogP contribution is -1.98. The SMILES string of the molecule is Cc1ccc(C(=O)c2cccs2)cc1Br. The molecular formula is C12H9BrOS. The van der Waals surface area contributed by atoms with Gasteiger partial charge in [-0.05, 0) is 30.0 Å². The van der Waals surface area contributed by atoms with Gasteiger partial charge in [-0.1, -0.05) is 34.1 Å². The third-order valence-corrected chi connectivity index (χ3v) is 3.90. The number of ketones is 1. The molecule has 0 aliphatic heterocycles. The van der Waals surface area contributed by atoms with Gasteiger partial charge in [0, 0.05) is 10.0 Å². The molecule has 0 unspecified atom stereocenters. The Hall–Kier alpha value is -0.930. The molecule has 15 heavy (non-hydrogen) atoms. The number of thiophene rings is 1. The predicted octanol–water partition coefficient (Wildman–Crippen LogP) is 4.05. The molecule has 76 valence electrons. The summed E-state index contributed by atoms with van der Waals surface area (Å²) in [4.78, 5) is 12.7. The van der Waals surface area contributed by atoms with Crippen molar-refractivity contribution in [3.8, 4) is 0 Å². The smallest absolute Gasteiger partial charge is 0.202 e. The molecule has 1 heterocycles. The van der Waals surface area contributed by atoms with E-state index < -0.39 is 0 Å². The van der Waals surface area contributed by atoms with Crippen LogP contribution in [0.4, 0.5) is 0 Å². The van der Waals surface area contributed by atoms with Gasteiger partial charge in [-0.3, -0.25) is 4.79 Å². The van der Waals surface area contributed by atoms with Gasteiger partial charge >= 0.3 is 0 Å². The fraction of sp³-hybridized carbons (Fsp3) is 0.0833. The van der Waals surface area contributed by atoms with E-state index in [0.717, 1.165) is 20.5 Å². The second-order valence-corrected chi connectivity index (χ2v) is 5.07. The largest absolute Gasteiger partial charge is 0.288 e. The Labute approximate surface area is 101 Å². The lowest BCUT2D eigenvalue weighted by molar-refractivity contribution is 0.104. The number of carbonyl (C=O) groups is 1. The van der Waals surface area contributed by atoms with E-state index in [2.05, 4.69) is 15.9 Å². The Balaban J connectivity index is 2.39. The molecule has 3 heteroatoms. The van der Waals surface area contributed by atoms with Gasteiger partial charge in [0.25, 0.3) is 0 Å². The summed E-state index contributed by atoms with van der Waals surface area (Å²) in [6, 6.07) is 9.42. The topological polar surface area (TPSA) is 17.1 Å². The number of hydrogen-bond acceptors (Lipinski definition) is 2. The second kappa shape index (κ2) is 4.29. The van der Waals surface area contributed by atoms with Crippen molar-refractivity contribution in [3.63, 3.8) is 0 Å². The fourth-order valence-corrected chi connectivity index (χ4v) is 2.35. The first-order valence-electron chi connectivity index (χ1n) is 4.53. The Morgan fingerprint density at radius 1 is 1.33 bits per heavy atom. The van der Waals surface area contributed by atoms with Crippen molar-refractivity contribution < 1.29 is 4.79 Å². The molecule has 0 amide bonds. The first kappa shape index (κ1) is 10.6. The third kappa shape index (κ3) is 2.19. The summed E-state index contributed by atoms with van der Waals surface area (Å²) >= 11 is 4.90. The summed E-state index contributed by atoms with van der Waals surface area (Å²) in [5, 5.41) is 1.91. The molecular weight excluding hydrogens is 272 g/mol. The summed E-state index contributed by atoms with van der Waals surface area (Å²) in [5.41, 5.74) is 1.87. The van der Waals surface area contributed by atoms with Crippen molar-refractivity contribution >= 4 is 33.0 Å². The molecule has 0 spiro atoms. The van der Waals surface area contributed by atoms with Crippen LogP contribution in [0, 0.1) is 6.92 Å². The molecule has 0 N–H and O–H groups in total. The monoisotopic (exact) mass is 280 g/mol. The first-order chi connectivity index (χ1) is 7.18. The van der Waals surface area contributed by atoms with Crippen LogP contribution in [0.3, 0.4) is 0 Å². The molecule has 0 saturated heterocycles. The predicted molar refractivity (Wildman–Crippen MR) is 66.6 cm³/mol. The van der Waals surface area contributed by atoms with Crippen molar-refractivity contribution in [2.24, 2.45) is 0 Å². The number of halogens is 1. The van der Waals surface area contributed by atoms with Gasteiger partial charge in [-0.25, -0.2) is 0 Å².